The van der Waals surface area contributed by atoms with E-state index in [0.29, 0.717) is 18.9 Å². The predicted octanol–water partition coefficient (Wildman–Crippen LogP) is 0.993. The SMILES string of the molecule is Nc1cc([N+](=O)[O-])ccc1C(=O)OCC(=O)Nc1ccc(S(=O)(=O)N2CCOCC2)cc1. The molecular formula is C19H20N4O8S. The number of ether oxygens (including phenoxy) is 2. The number of nitrogens with one attached hydrogen (secondary N) is 1. The standard InChI is InChI=1S/C19H20N4O8S/c20-17-11-14(23(26)27)3-6-16(17)19(25)31-12-18(24)21-13-1-4-15(5-2-13)32(28,29)22-7-9-30-10-8-22/h1-6,11H,7-10,12,20H2,(H,21,24). The van der Waals surface area contributed by atoms with Gasteiger partial charge in [-0.1, -0.05) is 0 Å². The molecule has 32 heavy (non-hydrogen) atoms. The van der Waals surface area contributed by atoms with Gasteiger partial charge in [0.15, 0.2) is 6.61 Å². The highest BCUT2D eigenvalue weighted by molar-refractivity contribution is 7.89. The van der Waals surface area contributed by atoms with Crippen LogP contribution in [0.1, 0.15) is 10.4 Å². The van der Waals surface area contributed by atoms with Gasteiger partial charge in [-0.15, -0.1) is 0 Å². The third kappa shape index (κ3) is 5.38. The Morgan fingerprint density at radius 3 is 2.41 bits per heavy atom. The Bertz CT molecular complexity index is 1130. The lowest BCUT2D eigenvalue weighted by Crippen LogP contribution is -2.40. The molecule has 0 aromatic heterocycles. The molecule has 2 aromatic carbocycles. The maximum absolute atomic E-state index is 12.6. The topological polar surface area (TPSA) is 171 Å². The van der Waals surface area contributed by atoms with Crippen LogP contribution in [0.15, 0.2) is 47.4 Å². The van der Waals surface area contributed by atoms with Crippen LogP contribution in [0.3, 0.4) is 0 Å². The number of esters is 1. The number of carbonyl (C=O) groups is 2. The molecule has 0 saturated carbocycles. The van der Waals surface area contributed by atoms with Crippen LogP contribution in [-0.2, 0) is 24.3 Å². The van der Waals surface area contributed by atoms with Gasteiger partial charge in [0.1, 0.15) is 0 Å². The minimum absolute atomic E-state index is 0.0810. The van der Waals surface area contributed by atoms with Crippen LogP contribution in [0.2, 0.25) is 0 Å². The van der Waals surface area contributed by atoms with E-state index in [1.807, 2.05) is 0 Å². The molecule has 1 aliphatic rings. The van der Waals surface area contributed by atoms with Crippen LogP contribution < -0.4 is 11.1 Å². The van der Waals surface area contributed by atoms with Gasteiger partial charge >= 0.3 is 5.97 Å². The summed E-state index contributed by atoms with van der Waals surface area (Å²) in [4.78, 5) is 34.3. The van der Waals surface area contributed by atoms with Gasteiger partial charge in [-0.3, -0.25) is 14.9 Å². The Labute approximate surface area is 183 Å². The van der Waals surface area contributed by atoms with E-state index >= 15 is 0 Å². The van der Waals surface area contributed by atoms with Gasteiger partial charge in [-0.2, -0.15) is 4.31 Å². The van der Waals surface area contributed by atoms with Gasteiger partial charge < -0.3 is 20.5 Å². The fraction of sp³-hybridized carbons (Fsp3) is 0.263. The number of amides is 1. The van der Waals surface area contributed by atoms with Crippen LogP contribution in [0.25, 0.3) is 0 Å². The first-order valence-corrected chi connectivity index (χ1v) is 10.8. The van der Waals surface area contributed by atoms with E-state index < -0.39 is 33.4 Å². The molecule has 1 saturated heterocycles. The van der Waals surface area contributed by atoms with E-state index in [-0.39, 0.29) is 34.9 Å². The van der Waals surface area contributed by atoms with E-state index in [1.54, 1.807) is 0 Å². The zero-order chi connectivity index (χ0) is 23.3. The van der Waals surface area contributed by atoms with Gasteiger partial charge in [0.2, 0.25) is 10.0 Å². The summed E-state index contributed by atoms with van der Waals surface area (Å²) in [5, 5.41) is 13.2. The van der Waals surface area contributed by atoms with Gasteiger partial charge in [0.05, 0.1) is 34.3 Å². The zero-order valence-electron chi connectivity index (χ0n) is 16.7. The van der Waals surface area contributed by atoms with Crippen LogP contribution in [0, 0.1) is 10.1 Å². The summed E-state index contributed by atoms with van der Waals surface area (Å²) in [6.45, 7) is 0.565. The highest BCUT2D eigenvalue weighted by atomic mass is 32.2. The van der Waals surface area contributed by atoms with Crippen LogP contribution in [0.4, 0.5) is 17.1 Å². The van der Waals surface area contributed by atoms with Gasteiger partial charge in [-0.05, 0) is 30.3 Å². The molecule has 1 heterocycles. The second kappa shape index (κ2) is 9.72. The van der Waals surface area contributed by atoms with Crippen LogP contribution >= 0.6 is 0 Å². The van der Waals surface area contributed by atoms with Crippen molar-refractivity contribution in [3.8, 4) is 0 Å². The molecular weight excluding hydrogens is 444 g/mol. The fourth-order valence-corrected chi connectivity index (χ4v) is 4.31. The summed E-state index contributed by atoms with van der Waals surface area (Å²) in [6.07, 6.45) is 0. The van der Waals surface area contributed by atoms with Crippen molar-refractivity contribution in [2.24, 2.45) is 0 Å². The number of nitro groups is 1. The normalized spacial score (nSPS) is 14.5. The molecule has 170 valence electrons. The molecule has 1 amide bonds. The maximum atomic E-state index is 12.6. The zero-order valence-corrected chi connectivity index (χ0v) is 17.5. The van der Waals surface area contributed by atoms with E-state index in [4.69, 9.17) is 15.2 Å². The lowest BCUT2D eigenvalue weighted by molar-refractivity contribution is -0.384. The minimum Gasteiger partial charge on any atom is -0.452 e. The highest BCUT2D eigenvalue weighted by Crippen LogP contribution is 2.21. The first-order chi connectivity index (χ1) is 15.2. The molecule has 0 bridgehead atoms. The summed E-state index contributed by atoms with van der Waals surface area (Å²) in [7, 11) is -3.65. The Morgan fingerprint density at radius 2 is 1.81 bits per heavy atom. The number of nitrogens with two attached hydrogens (primary N) is 1. The summed E-state index contributed by atoms with van der Waals surface area (Å²) >= 11 is 0. The number of nitrogens with zero attached hydrogens (tertiary/aromatic N) is 2. The van der Waals surface area contributed by atoms with E-state index in [0.717, 1.165) is 18.2 Å². The van der Waals surface area contributed by atoms with E-state index in [2.05, 4.69) is 5.32 Å². The molecule has 0 unspecified atom stereocenters. The number of rotatable bonds is 7. The fourth-order valence-electron chi connectivity index (χ4n) is 2.90. The van der Waals surface area contributed by atoms with E-state index in [9.17, 15) is 28.1 Å². The smallest absolute Gasteiger partial charge is 0.340 e. The predicted molar refractivity (Wildman–Crippen MR) is 112 cm³/mol. The Balaban J connectivity index is 1.56. The average molecular weight is 464 g/mol. The number of nitro benzene ring substituents is 1. The van der Waals surface area contributed by atoms with Crippen molar-refractivity contribution in [1.29, 1.82) is 0 Å². The van der Waals surface area contributed by atoms with Crippen molar-refractivity contribution in [2.45, 2.75) is 4.90 Å². The van der Waals surface area contributed by atoms with Gasteiger partial charge in [-0.25, -0.2) is 13.2 Å². The quantitative estimate of drug-likeness (QED) is 0.262. The highest BCUT2D eigenvalue weighted by Gasteiger charge is 2.26. The number of non-ortho nitro benzene ring substituents is 1. The molecule has 0 atom stereocenters. The molecule has 12 nitrogen and oxygen atoms in total. The number of sulfonamides is 1. The molecule has 1 aliphatic heterocycles. The summed E-state index contributed by atoms with van der Waals surface area (Å²) in [6, 6.07) is 8.82. The minimum atomic E-state index is -3.65. The molecule has 13 heteroatoms. The van der Waals surface area contributed by atoms with E-state index in [1.165, 1.54) is 28.6 Å². The number of morpholine rings is 1. The lowest BCUT2D eigenvalue weighted by atomic mass is 10.1. The van der Waals surface area contributed by atoms with Crippen molar-refractivity contribution in [3.05, 3.63) is 58.1 Å². The molecule has 3 N–H and O–H groups in total. The molecule has 0 spiro atoms. The van der Waals surface area contributed by atoms with Crippen molar-refractivity contribution in [3.63, 3.8) is 0 Å². The van der Waals surface area contributed by atoms with Crippen LogP contribution in [0.5, 0.6) is 0 Å². The maximum Gasteiger partial charge on any atom is 0.340 e. The van der Waals surface area contributed by atoms with Crippen molar-refractivity contribution >= 4 is 39.0 Å². The third-order valence-electron chi connectivity index (χ3n) is 4.55. The van der Waals surface area contributed by atoms with Crippen molar-refractivity contribution < 1.29 is 32.4 Å². The first-order valence-electron chi connectivity index (χ1n) is 9.37. The largest absolute Gasteiger partial charge is 0.452 e. The second-order valence-corrected chi connectivity index (χ2v) is 8.63. The Hall–Kier alpha value is -3.55. The Morgan fingerprint density at radius 1 is 1.16 bits per heavy atom. The monoisotopic (exact) mass is 464 g/mol. The van der Waals surface area contributed by atoms with Gasteiger partial charge in [0, 0.05) is 30.9 Å². The average Bonchev–Trinajstić information content (AvgIpc) is 2.78. The third-order valence-corrected chi connectivity index (χ3v) is 6.46. The summed E-state index contributed by atoms with van der Waals surface area (Å²) in [5.41, 5.74) is 5.39. The van der Waals surface area contributed by atoms with Crippen molar-refractivity contribution in [2.75, 3.05) is 44.0 Å². The summed E-state index contributed by atoms with van der Waals surface area (Å²) < 4.78 is 36.6. The Kier molecular flexibility index (Phi) is 7.02. The summed E-state index contributed by atoms with van der Waals surface area (Å²) in [5.74, 6) is -1.58. The number of hydrogen-bond acceptors (Lipinski definition) is 9. The molecule has 3 rings (SSSR count). The number of hydrogen-bond donors (Lipinski definition) is 2. The van der Waals surface area contributed by atoms with Crippen LogP contribution in [-0.4, -0.2) is 62.4 Å². The number of anilines is 2. The number of benzene rings is 2. The number of carbonyl (C=O) groups excluding carboxylic acids is 2. The molecule has 2 aromatic rings. The molecule has 1 fully saturated rings. The second-order valence-electron chi connectivity index (χ2n) is 6.69. The molecule has 0 radical (unpaired) electrons. The van der Waals surface area contributed by atoms with Crippen molar-refractivity contribution in [1.82, 2.24) is 4.31 Å². The first kappa shape index (κ1) is 23.1. The molecule has 0 aliphatic carbocycles. The lowest BCUT2D eigenvalue weighted by Gasteiger charge is -2.26. The number of nitrogen functional groups attached to an aromatic ring is 1. The van der Waals surface area contributed by atoms with Gasteiger partial charge in [0.25, 0.3) is 11.6 Å².